The average Bonchev–Trinajstić information content (AvgIpc) is 3.41. The molecule has 0 aliphatic rings. The lowest BCUT2D eigenvalue weighted by molar-refractivity contribution is 0.0952. The summed E-state index contributed by atoms with van der Waals surface area (Å²) >= 11 is 1.22. The molecule has 0 radical (unpaired) electrons. The Hall–Kier alpha value is -4.29. The molecule has 1 aromatic heterocycles. The number of nitrogens with zero attached hydrogens (tertiary/aromatic N) is 2. The van der Waals surface area contributed by atoms with Gasteiger partial charge in [-0.05, 0) is 54.7 Å². The van der Waals surface area contributed by atoms with Crippen LogP contribution in [0.25, 0.3) is 0 Å². The van der Waals surface area contributed by atoms with Crippen molar-refractivity contribution in [2.24, 2.45) is 0 Å². The molecule has 1 amide bonds. The summed E-state index contributed by atoms with van der Waals surface area (Å²) in [6, 6.07) is 34.7. The highest BCUT2D eigenvalue weighted by molar-refractivity contribution is 7.07. The van der Waals surface area contributed by atoms with Gasteiger partial charge in [-0.15, -0.1) is 0 Å². The fourth-order valence-electron chi connectivity index (χ4n) is 4.51. The third-order valence-electron chi connectivity index (χ3n) is 6.70. The molecule has 6 heteroatoms. The van der Waals surface area contributed by atoms with Crippen LogP contribution in [0.1, 0.15) is 56.3 Å². The first kappa shape index (κ1) is 26.3. The van der Waals surface area contributed by atoms with Crippen molar-refractivity contribution in [2.75, 3.05) is 6.54 Å². The zero-order valence-electron chi connectivity index (χ0n) is 22.1. The third-order valence-corrected chi connectivity index (χ3v) is 7.34. The molecule has 0 aliphatic carbocycles. The lowest BCUT2D eigenvalue weighted by atomic mass is 9.88. The van der Waals surface area contributed by atoms with Crippen molar-refractivity contribution in [3.8, 4) is 10.9 Å². The van der Waals surface area contributed by atoms with E-state index in [1.165, 1.54) is 28.2 Å². The second-order valence-corrected chi connectivity index (χ2v) is 10.4. The van der Waals surface area contributed by atoms with E-state index in [4.69, 9.17) is 4.74 Å². The van der Waals surface area contributed by atoms with Gasteiger partial charge in [-0.25, -0.2) is 0 Å². The van der Waals surface area contributed by atoms with E-state index >= 15 is 0 Å². The van der Waals surface area contributed by atoms with E-state index < -0.39 is 0 Å². The van der Waals surface area contributed by atoms with E-state index in [-0.39, 0.29) is 11.8 Å². The first-order valence-electron chi connectivity index (χ1n) is 13.1. The van der Waals surface area contributed by atoms with E-state index in [1.54, 1.807) is 6.07 Å². The van der Waals surface area contributed by atoms with Crippen molar-refractivity contribution < 1.29 is 9.53 Å². The predicted octanol–water partition coefficient (Wildman–Crippen LogP) is 7.49. The fourth-order valence-corrected chi connectivity index (χ4v) is 5.08. The predicted molar refractivity (Wildman–Crippen MR) is 157 cm³/mol. The number of aromatic nitrogens is 2. The monoisotopic (exact) mass is 533 g/mol. The Balaban J connectivity index is 1.22. The average molecular weight is 534 g/mol. The number of rotatable bonds is 10. The highest BCUT2D eigenvalue weighted by Gasteiger charge is 2.16. The zero-order chi connectivity index (χ0) is 27.0. The highest BCUT2D eigenvalue weighted by atomic mass is 32.1. The Kier molecular flexibility index (Phi) is 8.44. The van der Waals surface area contributed by atoms with Gasteiger partial charge in [0.05, 0.1) is 0 Å². The van der Waals surface area contributed by atoms with Crippen LogP contribution in [0.5, 0.6) is 10.9 Å². The number of hydrogen-bond acceptors (Lipinski definition) is 5. The molecular formula is C33H31N3O2S. The van der Waals surface area contributed by atoms with Crippen LogP contribution in [-0.2, 0) is 6.42 Å². The Labute approximate surface area is 233 Å². The maximum absolute atomic E-state index is 13.1. The van der Waals surface area contributed by atoms with Crippen LogP contribution >= 0.6 is 11.5 Å². The molecule has 0 saturated heterocycles. The van der Waals surface area contributed by atoms with Crippen molar-refractivity contribution in [3.63, 3.8) is 0 Å². The summed E-state index contributed by atoms with van der Waals surface area (Å²) in [6.45, 7) is 4.57. The van der Waals surface area contributed by atoms with Gasteiger partial charge < -0.3 is 10.1 Å². The normalized spacial score (nSPS) is 10.9. The van der Waals surface area contributed by atoms with E-state index in [9.17, 15) is 4.79 Å². The van der Waals surface area contributed by atoms with Crippen molar-refractivity contribution in [1.29, 1.82) is 0 Å². The van der Waals surface area contributed by atoms with Gasteiger partial charge in [0.1, 0.15) is 5.75 Å². The molecule has 196 valence electrons. The van der Waals surface area contributed by atoms with E-state index in [0.717, 1.165) is 23.4 Å². The molecule has 0 bridgehead atoms. The van der Waals surface area contributed by atoms with Crippen molar-refractivity contribution in [1.82, 2.24) is 14.7 Å². The Morgan fingerprint density at radius 1 is 0.872 bits per heavy atom. The van der Waals surface area contributed by atoms with Crippen LogP contribution in [0.3, 0.4) is 0 Å². The highest BCUT2D eigenvalue weighted by Crippen LogP contribution is 2.29. The number of ether oxygens (including phenoxy) is 1. The molecular weight excluding hydrogens is 502 g/mol. The Morgan fingerprint density at radius 3 is 2.21 bits per heavy atom. The maximum Gasteiger partial charge on any atom is 0.298 e. The van der Waals surface area contributed by atoms with Crippen LogP contribution < -0.4 is 10.1 Å². The summed E-state index contributed by atoms with van der Waals surface area (Å²) in [5.74, 6) is 1.40. The van der Waals surface area contributed by atoms with E-state index in [0.29, 0.717) is 29.5 Å². The molecule has 5 nitrogen and oxygen atoms in total. The van der Waals surface area contributed by atoms with Crippen LogP contribution in [-0.4, -0.2) is 21.8 Å². The number of hydrogen-bond donors (Lipinski definition) is 1. The third kappa shape index (κ3) is 6.98. The van der Waals surface area contributed by atoms with Crippen LogP contribution in [0.15, 0.2) is 103 Å². The van der Waals surface area contributed by atoms with Gasteiger partial charge in [-0.2, -0.15) is 9.36 Å². The summed E-state index contributed by atoms with van der Waals surface area (Å²) in [7, 11) is 0. The molecule has 0 fully saturated rings. The zero-order valence-corrected chi connectivity index (χ0v) is 22.9. The molecule has 1 heterocycles. The van der Waals surface area contributed by atoms with Crippen LogP contribution in [0.2, 0.25) is 0 Å². The standard InChI is InChI=1S/C33H31N3O2S/c1-23-13-16-25(17-14-23)21-31-35-33(39-36-31)38-30-22-28(18-15-24(30)2)32(37)34-20-19-29(26-9-5-3-6-10-26)27-11-7-4-8-12-27/h3-18,22,29H,19-21H2,1-2H3,(H,34,37). The summed E-state index contributed by atoms with van der Waals surface area (Å²) in [4.78, 5) is 17.6. The van der Waals surface area contributed by atoms with E-state index in [1.807, 2.05) is 31.2 Å². The molecule has 5 rings (SSSR count). The summed E-state index contributed by atoms with van der Waals surface area (Å²) in [5.41, 5.74) is 6.33. The van der Waals surface area contributed by atoms with Gasteiger partial charge in [-0.3, -0.25) is 4.79 Å². The van der Waals surface area contributed by atoms with Gasteiger partial charge in [0, 0.05) is 36.0 Å². The maximum atomic E-state index is 13.1. The molecule has 1 N–H and O–H groups in total. The SMILES string of the molecule is Cc1ccc(Cc2nsc(Oc3cc(C(=O)NCCC(c4ccccc4)c4ccccc4)ccc3C)n2)cc1. The second kappa shape index (κ2) is 12.5. The van der Waals surface area contributed by atoms with Crippen molar-refractivity contribution in [2.45, 2.75) is 32.6 Å². The summed E-state index contributed by atoms with van der Waals surface area (Å²) < 4.78 is 10.5. The first-order chi connectivity index (χ1) is 19.0. The minimum Gasteiger partial charge on any atom is -0.430 e. The minimum absolute atomic E-state index is 0.128. The smallest absolute Gasteiger partial charge is 0.298 e. The van der Waals surface area contributed by atoms with Crippen LogP contribution in [0, 0.1) is 13.8 Å². The number of carbonyl (C=O) groups is 1. The molecule has 0 aliphatic heterocycles. The summed E-state index contributed by atoms with van der Waals surface area (Å²) in [5, 5.41) is 3.56. The summed E-state index contributed by atoms with van der Waals surface area (Å²) in [6.07, 6.45) is 1.44. The topological polar surface area (TPSA) is 64.1 Å². The molecule has 0 saturated carbocycles. The lowest BCUT2D eigenvalue weighted by Crippen LogP contribution is -2.26. The molecule has 5 aromatic rings. The van der Waals surface area contributed by atoms with Crippen molar-refractivity contribution >= 4 is 17.4 Å². The minimum atomic E-state index is -0.128. The molecule has 4 aromatic carbocycles. The number of amides is 1. The van der Waals surface area contributed by atoms with Crippen LogP contribution in [0.4, 0.5) is 0 Å². The number of nitrogens with one attached hydrogen (secondary N) is 1. The largest absolute Gasteiger partial charge is 0.430 e. The van der Waals surface area contributed by atoms with Gasteiger partial charge in [0.2, 0.25) is 0 Å². The Bertz CT molecular complexity index is 1480. The molecule has 0 unspecified atom stereocenters. The quantitative estimate of drug-likeness (QED) is 0.202. The number of carbonyl (C=O) groups excluding carboxylic acids is 1. The van der Waals surface area contributed by atoms with Gasteiger partial charge >= 0.3 is 0 Å². The molecule has 0 atom stereocenters. The Morgan fingerprint density at radius 2 is 1.54 bits per heavy atom. The fraction of sp³-hybridized carbons (Fsp3) is 0.182. The van der Waals surface area contributed by atoms with Crippen molar-refractivity contribution in [3.05, 3.63) is 142 Å². The first-order valence-corrected chi connectivity index (χ1v) is 13.9. The molecule has 0 spiro atoms. The second-order valence-electron chi connectivity index (χ2n) is 9.64. The number of benzene rings is 4. The van der Waals surface area contributed by atoms with E-state index in [2.05, 4.69) is 94.4 Å². The lowest BCUT2D eigenvalue weighted by Gasteiger charge is -2.18. The van der Waals surface area contributed by atoms with Gasteiger partial charge in [-0.1, -0.05) is 96.6 Å². The van der Waals surface area contributed by atoms with Gasteiger partial charge in [0.15, 0.2) is 5.82 Å². The number of aryl methyl sites for hydroxylation is 2. The van der Waals surface area contributed by atoms with Gasteiger partial charge in [0.25, 0.3) is 11.1 Å². The molecule has 39 heavy (non-hydrogen) atoms.